The second-order valence-electron chi connectivity index (χ2n) is 4.33. The number of aromatic nitrogens is 1. The van der Waals surface area contributed by atoms with Crippen LogP contribution in [0.3, 0.4) is 0 Å². The number of anilines is 1. The van der Waals surface area contributed by atoms with Crippen molar-refractivity contribution < 1.29 is 9.32 Å². The lowest BCUT2D eigenvalue weighted by atomic mass is 10.1. The molecule has 0 saturated carbocycles. The van der Waals surface area contributed by atoms with Gasteiger partial charge >= 0.3 is 0 Å². The molecule has 0 saturated heterocycles. The molecule has 2 rings (SSSR count). The smallest absolute Gasteiger partial charge is 0.259 e. The third-order valence-electron chi connectivity index (χ3n) is 2.44. The monoisotopic (exact) mass is 265 g/mol. The lowest BCUT2D eigenvalue weighted by Gasteiger charge is -2.07. The van der Waals surface area contributed by atoms with E-state index >= 15 is 0 Å². The van der Waals surface area contributed by atoms with Gasteiger partial charge in [0.2, 0.25) is 5.88 Å². The van der Waals surface area contributed by atoms with E-state index < -0.39 is 0 Å². The first-order chi connectivity index (χ1) is 8.50. The van der Waals surface area contributed by atoms with Crippen LogP contribution < -0.4 is 11.1 Å². The van der Waals surface area contributed by atoms with Gasteiger partial charge in [-0.3, -0.25) is 4.79 Å². The number of hydrogen-bond donors (Lipinski definition) is 2. The summed E-state index contributed by atoms with van der Waals surface area (Å²) in [4.78, 5) is 13.0. The standard InChI is InChI=1S/C12H15N3O2S/c1-6(2)14-12(16)8-9(15-17-11(8)13)10-7(3)4-5-18-10/h4-6H,13H2,1-3H3,(H,14,16). The van der Waals surface area contributed by atoms with Crippen molar-refractivity contribution in [1.82, 2.24) is 10.5 Å². The Kier molecular flexibility index (Phi) is 3.38. The fourth-order valence-electron chi connectivity index (χ4n) is 1.63. The number of nitrogen functional groups attached to an aromatic ring is 1. The summed E-state index contributed by atoms with van der Waals surface area (Å²) in [5.41, 5.74) is 7.56. The molecule has 0 spiro atoms. The molecule has 18 heavy (non-hydrogen) atoms. The summed E-state index contributed by atoms with van der Waals surface area (Å²) in [7, 11) is 0. The molecule has 0 aliphatic heterocycles. The third kappa shape index (κ3) is 2.24. The Morgan fingerprint density at radius 3 is 2.83 bits per heavy atom. The predicted molar refractivity (Wildman–Crippen MR) is 71.6 cm³/mol. The summed E-state index contributed by atoms with van der Waals surface area (Å²) >= 11 is 1.51. The first-order valence-electron chi connectivity index (χ1n) is 5.61. The van der Waals surface area contributed by atoms with Crippen LogP contribution >= 0.6 is 11.3 Å². The Morgan fingerprint density at radius 2 is 2.28 bits per heavy atom. The molecule has 5 nitrogen and oxygen atoms in total. The van der Waals surface area contributed by atoms with E-state index in [1.54, 1.807) is 0 Å². The molecule has 0 aliphatic carbocycles. The number of carbonyl (C=O) groups is 1. The summed E-state index contributed by atoms with van der Waals surface area (Å²) in [6.07, 6.45) is 0. The number of aryl methyl sites for hydroxylation is 1. The molecule has 2 aromatic heterocycles. The number of nitrogens with two attached hydrogens (primary N) is 1. The van der Waals surface area contributed by atoms with E-state index in [0.717, 1.165) is 10.4 Å². The molecule has 2 aromatic rings. The van der Waals surface area contributed by atoms with Crippen LogP contribution in [-0.2, 0) is 0 Å². The Labute approximate surface area is 109 Å². The van der Waals surface area contributed by atoms with Gasteiger partial charge in [-0.25, -0.2) is 0 Å². The van der Waals surface area contributed by atoms with Crippen molar-refractivity contribution in [3.05, 3.63) is 22.6 Å². The molecular formula is C12H15N3O2S. The first-order valence-corrected chi connectivity index (χ1v) is 6.49. The van der Waals surface area contributed by atoms with E-state index in [2.05, 4.69) is 10.5 Å². The van der Waals surface area contributed by atoms with Crippen molar-refractivity contribution in [3.63, 3.8) is 0 Å². The summed E-state index contributed by atoms with van der Waals surface area (Å²) in [5, 5.41) is 8.63. The highest BCUT2D eigenvalue weighted by molar-refractivity contribution is 7.13. The molecule has 0 aromatic carbocycles. The van der Waals surface area contributed by atoms with Crippen LogP contribution in [0.15, 0.2) is 16.0 Å². The van der Waals surface area contributed by atoms with Crippen molar-refractivity contribution >= 4 is 23.1 Å². The predicted octanol–water partition coefficient (Wildman–Crippen LogP) is 2.43. The number of rotatable bonds is 3. The minimum atomic E-state index is -0.258. The zero-order chi connectivity index (χ0) is 13.3. The molecule has 0 bridgehead atoms. The second-order valence-corrected chi connectivity index (χ2v) is 5.25. The minimum Gasteiger partial charge on any atom is -0.367 e. The number of nitrogens with zero attached hydrogens (tertiary/aromatic N) is 1. The Bertz CT molecular complexity index is 572. The molecule has 1 amide bonds. The van der Waals surface area contributed by atoms with Crippen LogP contribution in [-0.4, -0.2) is 17.1 Å². The zero-order valence-electron chi connectivity index (χ0n) is 10.5. The maximum Gasteiger partial charge on any atom is 0.259 e. The number of nitrogens with one attached hydrogen (secondary N) is 1. The Balaban J connectivity index is 2.45. The van der Waals surface area contributed by atoms with Crippen LogP contribution in [0.4, 0.5) is 5.88 Å². The molecule has 96 valence electrons. The van der Waals surface area contributed by atoms with Gasteiger partial charge in [-0.2, -0.15) is 0 Å². The van der Waals surface area contributed by atoms with Crippen molar-refractivity contribution in [2.75, 3.05) is 5.73 Å². The van der Waals surface area contributed by atoms with E-state index in [1.165, 1.54) is 11.3 Å². The summed E-state index contributed by atoms with van der Waals surface area (Å²) in [5.74, 6) is -0.206. The van der Waals surface area contributed by atoms with Gasteiger partial charge in [-0.1, -0.05) is 5.16 Å². The highest BCUT2D eigenvalue weighted by Gasteiger charge is 2.24. The van der Waals surface area contributed by atoms with E-state index in [9.17, 15) is 4.79 Å². The zero-order valence-corrected chi connectivity index (χ0v) is 11.3. The molecule has 0 radical (unpaired) electrons. The third-order valence-corrected chi connectivity index (χ3v) is 3.47. The summed E-state index contributed by atoms with van der Waals surface area (Å²) in [6, 6.07) is 2.00. The highest BCUT2D eigenvalue weighted by atomic mass is 32.1. The summed E-state index contributed by atoms with van der Waals surface area (Å²) in [6.45, 7) is 5.73. The van der Waals surface area contributed by atoms with E-state index in [0.29, 0.717) is 11.3 Å². The van der Waals surface area contributed by atoms with Crippen molar-refractivity contribution in [2.24, 2.45) is 0 Å². The van der Waals surface area contributed by atoms with E-state index in [1.807, 2.05) is 32.2 Å². The Hall–Kier alpha value is -1.82. The van der Waals surface area contributed by atoms with Crippen LogP contribution in [0.2, 0.25) is 0 Å². The van der Waals surface area contributed by atoms with Crippen LogP contribution in [0.5, 0.6) is 0 Å². The second kappa shape index (κ2) is 4.81. The van der Waals surface area contributed by atoms with Gasteiger partial charge in [0.15, 0.2) is 0 Å². The normalized spacial score (nSPS) is 10.9. The van der Waals surface area contributed by atoms with Crippen molar-refractivity contribution in [1.29, 1.82) is 0 Å². The fraction of sp³-hybridized carbons (Fsp3) is 0.333. The molecule has 0 fully saturated rings. The number of carbonyl (C=O) groups excluding carboxylic acids is 1. The van der Waals surface area contributed by atoms with Gasteiger partial charge in [-0.05, 0) is 37.8 Å². The van der Waals surface area contributed by atoms with Gasteiger partial charge < -0.3 is 15.6 Å². The van der Waals surface area contributed by atoms with Crippen LogP contribution in [0.1, 0.15) is 29.8 Å². The van der Waals surface area contributed by atoms with Crippen LogP contribution in [0, 0.1) is 6.92 Å². The quantitative estimate of drug-likeness (QED) is 0.893. The average molecular weight is 265 g/mol. The Morgan fingerprint density at radius 1 is 1.56 bits per heavy atom. The van der Waals surface area contributed by atoms with Gasteiger partial charge in [0.25, 0.3) is 5.91 Å². The maximum absolute atomic E-state index is 12.1. The van der Waals surface area contributed by atoms with Gasteiger partial charge in [0.05, 0.1) is 4.88 Å². The lowest BCUT2D eigenvalue weighted by molar-refractivity contribution is 0.0944. The molecular weight excluding hydrogens is 250 g/mol. The van der Waals surface area contributed by atoms with Gasteiger partial charge in [-0.15, -0.1) is 11.3 Å². The lowest BCUT2D eigenvalue weighted by Crippen LogP contribution is -2.30. The largest absolute Gasteiger partial charge is 0.367 e. The number of amides is 1. The molecule has 0 atom stereocenters. The van der Waals surface area contributed by atoms with E-state index in [-0.39, 0.29) is 17.8 Å². The van der Waals surface area contributed by atoms with Crippen molar-refractivity contribution in [2.45, 2.75) is 26.8 Å². The van der Waals surface area contributed by atoms with Crippen LogP contribution in [0.25, 0.3) is 10.6 Å². The van der Waals surface area contributed by atoms with Gasteiger partial charge in [0, 0.05) is 6.04 Å². The number of thiophene rings is 1. The molecule has 3 N–H and O–H groups in total. The topological polar surface area (TPSA) is 81.2 Å². The van der Waals surface area contributed by atoms with E-state index in [4.69, 9.17) is 10.3 Å². The summed E-state index contributed by atoms with van der Waals surface area (Å²) < 4.78 is 4.95. The molecule has 0 unspecified atom stereocenters. The van der Waals surface area contributed by atoms with Gasteiger partial charge in [0.1, 0.15) is 11.3 Å². The SMILES string of the molecule is Cc1ccsc1-c1noc(N)c1C(=O)NC(C)C. The molecule has 2 heterocycles. The fourth-order valence-corrected chi connectivity index (χ4v) is 2.54. The molecule has 0 aliphatic rings. The number of hydrogen-bond acceptors (Lipinski definition) is 5. The first kappa shape index (κ1) is 12.6. The maximum atomic E-state index is 12.1. The minimum absolute atomic E-state index is 0.0316. The molecule has 6 heteroatoms. The van der Waals surface area contributed by atoms with Crippen molar-refractivity contribution in [3.8, 4) is 10.6 Å². The highest BCUT2D eigenvalue weighted by Crippen LogP contribution is 2.33. The average Bonchev–Trinajstić information content (AvgIpc) is 2.83.